The highest BCUT2D eigenvalue weighted by molar-refractivity contribution is 5.95. The summed E-state index contributed by atoms with van der Waals surface area (Å²) in [7, 11) is 0. The molecule has 0 aromatic carbocycles. The molecular formula is C20H29N5O. The van der Waals surface area contributed by atoms with E-state index in [9.17, 15) is 4.79 Å². The molecule has 140 valence electrons. The van der Waals surface area contributed by atoms with E-state index in [1.54, 1.807) is 6.20 Å². The van der Waals surface area contributed by atoms with Crippen LogP contribution in [0, 0.1) is 6.92 Å². The van der Waals surface area contributed by atoms with E-state index in [4.69, 9.17) is 5.10 Å². The molecule has 1 amide bonds. The van der Waals surface area contributed by atoms with Gasteiger partial charge in [0.05, 0.1) is 23.5 Å². The molecule has 1 fully saturated rings. The molecule has 0 bridgehead atoms. The summed E-state index contributed by atoms with van der Waals surface area (Å²) in [5, 5.41) is 7.73. The van der Waals surface area contributed by atoms with E-state index in [0.29, 0.717) is 12.1 Å². The highest BCUT2D eigenvalue weighted by Gasteiger charge is 2.24. The average Bonchev–Trinajstić information content (AvgIpc) is 3.20. The van der Waals surface area contributed by atoms with Crippen molar-refractivity contribution in [2.45, 2.75) is 71.1 Å². The molecular weight excluding hydrogens is 326 g/mol. The Hall–Kier alpha value is -2.08. The highest BCUT2D eigenvalue weighted by atomic mass is 16.1. The summed E-state index contributed by atoms with van der Waals surface area (Å²) in [4.78, 5) is 18.0. The third-order valence-electron chi connectivity index (χ3n) is 5.81. The summed E-state index contributed by atoms with van der Waals surface area (Å²) in [6.45, 7) is 5.53. The zero-order valence-corrected chi connectivity index (χ0v) is 15.6. The molecule has 2 aromatic rings. The van der Waals surface area contributed by atoms with Gasteiger partial charge in [0.1, 0.15) is 0 Å². The number of aromatic nitrogens is 3. The number of aryl methyl sites for hydroxylation is 2. The van der Waals surface area contributed by atoms with Crippen molar-refractivity contribution in [2.75, 3.05) is 6.54 Å². The summed E-state index contributed by atoms with van der Waals surface area (Å²) < 4.78 is 2.14. The van der Waals surface area contributed by atoms with Crippen LogP contribution >= 0.6 is 0 Å². The average molecular weight is 355 g/mol. The van der Waals surface area contributed by atoms with Crippen molar-refractivity contribution in [2.24, 2.45) is 0 Å². The van der Waals surface area contributed by atoms with Gasteiger partial charge in [0.15, 0.2) is 0 Å². The standard InChI is InChI=1S/C20H29N5O/c1-15-19(8-9-21-15)20(26)22-13-16-12-18-14-24(10-5-11-25(18)23-16)17-6-3-2-4-7-17/h8-9,12,17,21H,2-7,10-11,13-14H2,1H3,(H,22,26). The Morgan fingerprint density at radius 1 is 1.27 bits per heavy atom. The molecule has 3 heterocycles. The van der Waals surface area contributed by atoms with Crippen LogP contribution in [-0.4, -0.2) is 38.2 Å². The summed E-state index contributed by atoms with van der Waals surface area (Å²) in [6.07, 6.45) is 9.77. The first-order valence-corrected chi connectivity index (χ1v) is 9.92. The smallest absolute Gasteiger partial charge is 0.253 e. The second kappa shape index (κ2) is 7.66. The van der Waals surface area contributed by atoms with E-state index in [-0.39, 0.29) is 5.91 Å². The zero-order chi connectivity index (χ0) is 17.9. The van der Waals surface area contributed by atoms with Gasteiger partial charge in [-0.2, -0.15) is 5.10 Å². The Labute approximate surface area is 155 Å². The van der Waals surface area contributed by atoms with E-state index < -0.39 is 0 Å². The first-order valence-electron chi connectivity index (χ1n) is 9.92. The first-order chi connectivity index (χ1) is 12.7. The molecule has 1 aliphatic heterocycles. The number of H-pyrrole nitrogens is 1. The zero-order valence-electron chi connectivity index (χ0n) is 15.6. The van der Waals surface area contributed by atoms with Gasteiger partial charge in [0, 0.05) is 37.6 Å². The Kier molecular flexibility index (Phi) is 5.11. The molecule has 4 rings (SSSR count). The predicted molar refractivity (Wildman–Crippen MR) is 101 cm³/mol. The van der Waals surface area contributed by atoms with Crippen molar-refractivity contribution in [3.05, 3.63) is 41.0 Å². The van der Waals surface area contributed by atoms with Gasteiger partial charge in [-0.3, -0.25) is 14.4 Å². The van der Waals surface area contributed by atoms with Crippen LogP contribution in [0.15, 0.2) is 18.3 Å². The number of fused-ring (bicyclic) bond motifs is 1. The minimum Gasteiger partial charge on any atom is -0.365 e. The van der Waals surface area contributed by atoms with Crippen LogP contribution in [0.1, 0.15) is 66.0 Å². The van der Waals surface area contributed by atoms with E-state index in [0.717, 1.165) is 36.9 Å². The number of nitrogens with zero attached hydrogens (tertiary/aromatic N) is 3. The largest absolute Gasteiger partial charge is 0.365 e. The lowest BCUT2D eigenvalue weighted by Crippen LogP contribution is -2.36. The fourth-order valence-corrected chi connectivity index (χ4v) is 4.36. The summed E-state index contributed by atoms with van der Waals surface area (Å²) in [5.41, 5.74) is 3.84. The number of nitrogens with one attached hydrogen (secondary N) is 2. The molecule has 0 unspecified atom stereocenters. The number of amides is 1. The molecule has 2 N–H and O–H groups in total. The topological polar surface area (TPSA) is 66.0 Å². The quantitative estimate of drug-likeness (QED) is 0.886. The van der Waals surface area contributed by atoms with Gasteiger partial charge in [-0.1, -0.05) is 19.3 Å². The van der Waals surface area contributed by atoms with Crippen molar-refractivity contribution >= 4 is 5.91 Å². The third kappa shape index (κ3) is 3.70. The lowest BCUT2D eigenvalue weighted by Gasteiger charge is -2.33. The minimum atomic E-state index is -0.0456. The van der Waals surface area contributed by atoms with Crippen molar-refractivity contribution < 1.29 is 4.79 Å². The normalized spacial score (nSPS) is 19.1. The van der Waals surface area contributed by atoms with Crippen molar-refractivity contribution in [3.63, 3.8) is 0 Å². The summed E-state index contributed by atoms with van der Waals surface area (Å²) in [6, 6.07) is 4.73. The predicted octanol–water partition coefficient (Wildman–Crippen LogP) is 2.99. The second-order valence-electron chi connectivity index (χ2n) is 7.67. The molecule has 0 spiro atoms. The van der Waals surface area contributed by atoms with Crippen LogP contribution in [-0.2, 0) is 19.6 Å². The third-order valence-corrected chi connectivity index (χ3v) is 5.81. The molecule has 0 radical (unpaired) electrons. The maximum atomic E-state index is 12.3. The maximum absolute atomic E-state index is 12.3. The summed E-state index contributed by atoms with van der Waals surface area (Å²) >= 11 is 0. The summed E-state index contributed by atoms with van der Waals surface area (Å²) in [5.74, 6) is -0.0456. The number of hydrogen-bond donors (Lipinski definition) is 2. The van der Waals surface area contributed by atoms with Gasteiger partial charge >= 0.3 is 0 Å². The Balaban J connectivity index is 1.40. The molecule has 2 aliphatic rings. The number of rotatable bonds is 4. The van der Waals surface area contributed by atoms with Crippen LogP contribution in [0.4, 0.5) is 0 Å². The molecule has 2 aromatic heterocycles. The molecule has 1 saturated carbocycles. The maximum Gasteiger partial charge on any atom is 0.253 e. The number of carbonyl (C=O) groups is 1. The molecule has 6 nitrogen and oxygen atoms in total. The lowest BCUT2D eigenvalue weighted by molar-refractivity contribution is 0.0950. The van der Waals surface area contributed by atoms with Crippen molar-refractivity contribution in [1.82, 2.24) is 25.0 Å². The van der Waals surface area contributed by atoms with Gasteiger partial charge in [-0.15, -0.1) is 0 Å². The Bertz CT molecular complexity index is 756. The van der Waals surface area contributed by atoms with Gasteiger partial charge in [0.25, 0.3) is 5.91 Å². The van der Waals surface area contributed by atoms with Crippen molar-refractivity contribution in [1.29, 1.82) is 0 Å². The molecule has 1 aliphatic carbocycles. The highest BCUT2D eigenvalue weighted by Crippen LogP contribution is 2.26. The van der Waals surface area contributed by atoms with Gasteiger partial charge in [-0.05, 0) is 38.3 Å². The monoisotopic (exact) mass is 355 g/mol. The SMILES string of the molecule is Cc1[nH]ccc1C(=O)NCc1cc2n(n1)CCCN(C1CCCCC1)C2. The van der Waals surface area contributed by atoms with Gasteiger partial charge in [0.2, 0.25) is 0 Å². The molecule has 0 atom stereocenters. The van der Waals surface area contributed by atoms with E-state index >= 15 is 0 Å². The Morgan fingerprint density at radius 3 is 2.88 bits per heavy atom. The van der Waals surface area contributed by atoms with Crippen LogP contribution < -0.4 is 5.32 Å². The number of hydrogen-bond acceptors (Lipinski definition) is 3. The van der Waals surface area contributed by atoms with Crippen LogP contribution in [0.25, 0.3) is 0 Å². The fourth-order valence-electron chi connectivity index (χ4n) is 4.36. The molecule has 6 heteroatoms. The Morgan fingerprint density at radius 2 is 2.12 bits per heavy atom. The second-order valence-corrected chi connectivity index (χ2v) is 7.67. The van der Waals surface area contributed by atoms with E-state index in [2.05, 4.69) is 25.9 Å². The molecule has 0 saturated heterocycles. The minimum absolute atomic E-state index is 0.0456. The van der Waals surface area contributed by atoms with Gasteiger partial charge in [-0.25, -0.2) is 0 Å². The number of carbonyl (C=O) groups excluding carboxylic acids is 1. The molecule has 26 heavy (non-hydrogen) atoms. The van der Waals surface area contributed by atoms with E-state index in [1.807, 2.05) is 13.0 Å². The first kappa shape index (κ1) is 17.3. The van der Waals surface area contributed by atoms with Crippen LogP contribution in [0.3, 0.4) is 0 Å². The number of aromatic amines is 1. The fraction of sp³-hybridized carbons (Fsp3) is 0.600. The van der Waals surface area contributed by atoms with Crippen molar-refractivity contribution in [3.8, 4) is 0 Å². The van der Waals surface area contributed by atoms with Crippen LogP contribution in [0.2, 0.25) is 0 Å². The lowest BCUT2D eigenvalue weighted by atomic mass is 9.94. The van der Waals surface area contributed by atoms with E-state index in [1.165, 1.54) is 44.3 Å². The van der Waals surface area contributed by atoms with Crippen LogP contribution in [0.5, 0.6) is 0 Å². The van der Waals surface area contributed by atoms with Gasteiger partial charge < -0.3 is 10.3 Å².